The van der Waals surface area contributed by atoms with Crippen molar-refractivity contribution in [3.05, 3.63) is 198 Å². The van der Waals surface area contributed by atoms with E-state index in [1.54, 1.807) is 121 Å². The highest BCUT2D eigenvalue weighted by molar-refractivity contribution is 7.85. The van der Waals surface area contributed by atoms with Gasteiger partial charge >= 0.3 is 0 Å². The highest BCUT2D eigenvalue weighted by Crippen LogP contribution is 2.44. The topological polar surface area (TPSA) is 168 Å². The van der Waals surface area contributed by atoms with Crippen LogP contribution < -0.4 is 31.8 Å². The van der Waals surface area contributed by atoms with E-state index in [1.165, 1.54) is 0 Å². The summed E-state index contributed by atoms with van der Waals surface area (Å²) >= 11 is 0. The first kappa shape index (κ1) is 38.8. The highest BCUT2D eigenvalue weighted by atomic mass is 31.2. The molecular formula is C49H29N7O2P2. The third kappa shape index (κ3) is 7.32. The molecule has 0 spiro atoms. The first-order valence-electron chi connectivity index (χ1n) is 18.5. The lowest BCUT2D eigenvalue weighted by atomic mass is 10.1. The van der Waals surface area contributed by atoms with E-state index in [1.807, 2.05) is 54.6 Å². The number of benzene rings is 7. The third-order valence-electron chi connectivity index (χ3n) is 10.1. The summed E-state index contributed by atoms with van der Waals surface area (Å²) in [5.41, 5.74) is 3.85. The Morgan fingerprint density at radius 2 is 0.517 bits per heavy atom. The SMILES string of the molecule is N#Cc1ccc(P(=O)(c2ccc(C#N)cc2)c2ccc(-c3nc(-c4ccccc4)nc(-c4ccc(P(=O)(c5ccc(C#N)cc5)c5ccc(C#N)cc5)cc4)n3)cc2)cc1. The summed E-state index contributed by atoms with van der Waals surface area (Å²) in [6, 6.07) is 59.2. The molecular weight excluding hydrogens is 781 g/mol. The fourth-order valence-electron chi connectivity index (χ4n) is 6.87. The number of hydrogen-bond donors (Lipinski definition) is 0. The van der Waals surface area contributed by atoms with Gasteiger partial charge in [0.25, 0.3) is 0 Å². The normalized spacial score (nSPS) is 11.1. The average Bonchev–Trinajstić information content (AvgIpc) is 3.33. The first-order valence-corrected chi connectivity index (χ1v) is 21.9. The lowest BCUT2D eigenvalue weighted by molar-refractivity contribution is 0.591. The zero-order valence-corrected chi connectivity index (χ0v) is 33.4. The first-order chi connectivity index (χ1) is 29.3. The van der Waals surface area contributed by atoms with Gasteiger partial charge in [0.2, 0.25) is 0 Å². The smallest absolute Gasteiger partial charge is 0.171 e. The van der Waals surface area contributed by atoms with Crippen LogP contribution in [0.1, 0.15) is 22.3 Å². The number of aromatic nitrogens is 3. The molecule has 0 aliphatic rings. The molecule has 0 aliphatic heterocycles. The second kappa shape index (κ2) is 16.4. The monoisotopic (exact) mass is 809 g/mol. The van der Waals surface area contributed by atoms with E-state index < -0.39 is 14.3 Å². The predicted octanol–water partition coefficient (Wildman–Crippen LogP) is 7.64. The molecule has 8 aromatic rings. The summed E-state index contributed by atoms with van der Waals surface area (Å²) < 4.78 is 30.5. The number of nitrogens with zero attached hydrogens (tertiary/aromatic N) is 7. The quantitative estimate of drug-likeness (QED) is 0.133. The van der Waals surface area contributed by atoms with Gasteiger partial charge in [-0.1, -0.05) is 78.9 Å². The Balaban J connectivity index is 1.21. The molecule has 11 heteroatoms. The van der Waals surface area contributed by atoms with E-state index in [-0.39, 0.29) is 0 Å². The van der Waals surface area contributed by atoms with E-state index in [0.717, 1.165) is 5.56 Å². The lowest BCUT2D eigenvalue weighted by Crippen LogP contribution is -2.25. The molecule has 282 valence electrons. The molecule has 8 rings (SSSR count). The number of rotatable bonds is 9. The minimum absolute atomic E-state index is 0.377. The van der Waals surface area contributed by atoms with Crippen molar-refractivity contribution in [3.63, 3.8) is 0 Å². The molecule has 0 radical (unpaired) electrons. The van der Waals surface area contributed by atoms with Crippen LogP contribution >= 0.6 is 14.3 Å². The molecule has 0 amide bonds. The molecule has 1 heterocycles. The zero-order valence-electron chi connectivity index (χ0n) is 31.6. The second-order valence-electron chi connectivity index (χ2n) is 13.6. The lowest BCUT2D eigenvalue weighted by Gasteiger charge is -2.20. The van der Waals surface area contributed by atoms with Gasteiger partial charge in [0, 0.05) is 48.5 Å². The Hall–Kier alpha value is -8.03. The number of hydrogen-bond acceptors (Lipinski definition) is 9. The van der Waals surface area contributed by atoms with Crippen LogP contribution in [0.3, 0.4) is 0 Å². The van der Waals surface area contributed by atoms with Crippen LogP contribution in [0, 0.1) is 45.3 Å². The molecule has 0 saturated heterocycles. The molecule has 0 atom stereocenters. The predicted molar refractivity (Wildman–Crippen MR) is 234 cm³/mol. The van der Waals surface area contributed by atoms with Gasteiger partial charge < -0.3 is 9.13 Å². The van der Waals surface area contributed by atoms with Gasteiger partial charge in [-0.05, 0) is 97.1 Å². The Morgan fingerprint density at radius 3 is 0.750 bits per heavy atom. The van der Waals surface area contributed by atoms with E-state index in [9.17, 15) is 21.0 Å². The van der Waals surface area contributed by atoms with Crippen LogP contribution in [0.5, 0.6) is 0 Å². The van der Waals surface area contributed by atoms with E-state index in [2.05, 4.69) is 24.3 Å². The van der Waals surface area contributed by atoms with Gasteiger partial charge in [0.05, 0.1) is 46.5 Å². The van der Waals surface area contributed by atoms with Crippen LogP contribution in [0.2, 0.25) is 0 Å². The molecule has 60 heavy (non-hydrogen) atoms. The molecule has 0 saturated carbocycles. The number of nitriles is 4. The van der Waals surface area contributed by atoms with Crippen LogP contribution in [0.15, 0.2) is 176 Å². The molecule has 0 aliphatic carbocycles. The Bertz CT molecular complexity index is 2830. The summed E-state index contributed by atoms with van der Waals surface area (Å²) in [6.45, 7) is 0. The summed E-state index contributed by atoms with van der Waals surface area (Å²) in [7, 11) is -6.92. The molecule has 9 nitrogen and oxygen atoms in total. The van der Waals surface area contributed by atoms with Crippen LogP contribution in [-0.4, -0.2) is 15.0 Å². The van der Waals surface area contributed by atoms with Gasteiger partial charge in [-0.15, -0.1) is 0 Å². The van der Waals surface area contributed by atoms with Crippen molar-refractivity contribution in [2.75, 3.05) is 0 Å². The van der Waals surface area contributed by atoms with Crippen molar-refractivity contribution in [3.8, 4) is 58.4 Å². The summed E-state index contributed by atoms with van der Waals surface area (Å²) in [6.07, 6.45) is 0. The minimum atomic E-state index is -3.46. The van der Waals surface area contributed by atoms with Gasteiger partial charge in [-0.3, -0.25) is 0 Å². The van der Waals surface area contributed by atoms with Gasteiger partial charge in [-0.25, -0.2) is 15.0 Å². The zero-order chi connectivity index (χ0) is 41.7. The fraction of sp³-hybridized carbons (Fsp3) is 0. The van der Waals surface area contributed by atoms with Crippen molar-refractivity contribution in [2.24, 2.45) is 0 Å². The van der Waals surface area contributed by atoms with Crippen molar-refractivity contribution >= 4 is 46.1 Å². The van der Waals surface area contributed by atoms with E-state index in [4.69, 9.17) is 15.0 Å². The standard InChI is InChI=1S/C49H29N7O2P2/c50-30-34-6-18-41(19-7-34)59(57,42-20-8-35(31-51)9-21-42)45-26-14-39(15-27-45)48-54-47(38-4-2-1-3-5-38)55-49(56-48)40-16-28-46(29-17-40)60(58,43-22-10-36(32-52)11-23-43)44-24-12-37(33-53)13-25-44/h1-29H. The fourth-order valence-corrected chi connectivity index (χ4v) is 12.1. The maximum atomic E-state index is 15.2. The summed E-state index contributed by atoms with van der Waals surface area (Å²) in [5.74, 6) is 1.19. The van der Waals surface area contributed by atoms with Crippen molar-refractivity contribution in [1.29, 1.82) is 21.0 Å². The maximum absolute atomic E-state index is 15.2. The van der Waals surface area contributed by atoms with Crippen molar-refractivity contribution < 1.29 is 9.13 Å². The molecule has 0 unspecified atom stereocenters. The van der Waals surface area contributed by atoms with E-state index in [0.29, 0.717) is 82.7 Å². The maximum Gasteiger partial charge on any atom is 0.171 e. The summed E-state index contributed by atoms with van der Waals surface area (Å²) in [4.78, 5) is 14.6. The third-order valence-corrected chi connectivity index (χ3v) is 16.2. The molecule has 0 fully saturated rings. The second-order valence-corrected chi connectivity index (χ2v) is 19.2. The molecule has 1 aromatic heterocycles. The van der Waals surface area contributed by atoms with Gasteiger partial charge in [-0.2, -0.15) is 21.0 Å². The molecule has 7 aromatic carbocycles. The van der Waals surface area contributed by atoms with Crippen molar-refractivity contribution in [2.45, 2.75) is 0 Å². The highest BCUT2D eigenvalue weighted by Gasteiger charge is 2.31. The van der Waals surface area contributed by atoms with Crippen LogP contribution in [0.4, 0.5) is 0 Å². The molecule has 0 bridgehead atoms. The largest absolute Gasteiger partial charge is 0.309 e. The Morgan fingerprint density at radius 1 is 0.300 bits per heavy atom. The minimum Gasteiger partial charge on any atom is -0.309 e. The Labute approximate surface area is 346 Å². The van der Waals surface area contributed by atoms with Gasteiger partial charge in [0.1, 0.15) is 0 Å². The van der Waals surface area contributed by atoms with Gasteiger partial charge in [0.15, 0.2) is 31.8 Å². The average molecular weight is 810 g/mol. The molecule has 0 N–H and O–H groups in total. The van der Waals surface area contributed by atoms with E-state index >= 15 is 9.13 Å². The van der Waals surface area contributed by atoms with Crippen LogP contribution in [-0.2, 0) is 9.13 Å². The summed E-state index contributed by atoms with van der Waals surface area (Å²) in [5, 5.41) is 40.9. The van der Waals surface area contributed by atoms with Crippen molar-refractivity contribution in [1.82, 2.24) is 15.0 Å². The van der Waals surface area contributed by atoms with Crippen LogP contribution in [0.25, 0.3) is 34.2 Å². The Kier molecular flexibility index (Phi) is 10.6.